The van der Waals surface area contributed by atoms with Gasteiger partial charge >= 0.3 is 0 Å². The highest BCUT2D eigenvalue weighted by Gasteiger charge is 2.24. The van der Waals surface area contributed by atoms with Gasteiger partial charge in [0.1, 0.15) is 22.4 Å². The van der Waals surface area contributed by atoms with Gasteiger partial charge in [-0.1, -0.05) is 84.9 Å². The molecule has 0 fully saturated rings. The molecule has 1 heterocycles. The van der Waals surface area contributed by atoms with E-state index in [4.69, 9.17) is 14.5 Å². The number of hydrogen-bond acceptors (Lipinski definition) is 8. The van der Waals surface area contributed by atoms with Gasteiger partial charge in [-0.05, 0) is 61.0 Å². The zero-order valence-electron chi connectivity index (χ0n) is 29.2. The maximum Gasteiger partial charge on any atom is 0.272 e. The first-order valence-corrected chi connectivity index (χ1v) is 18.3. The van der Waals surface area contributed by atoms with Crippen LogP contribution in [-0.2, 0) is 9.59 Å². The predicted molar refractivity (Wildman–Crippen MR) is 212 cm³/mol. The number of rotatable bonds is 13. The summed E-state index contributed by atoms with van der Waals surface area (Å²) in [6, 6.07) is 40.4. The summed E-state index contributed by atoms with van der Waals surface area (Å²) in [6.45, 7) is 1.99. The zero-order valence-corrected chi connectivity index (χ0v) is 30.8. The number of amides is 3. The molecule has 11 heteroatoms. The van der Waals surface area contributed by atoms with Crippen LogP contribution in [0.1, 0.15) is 31.6 Å². The van der Waals surface area contributed by atoms with Gasteiger partial charge in [-0.25, -0.2) is 4.98 Å². The molecule has 5 aromatic carbocycles. The number of ether oxygens (including phenoxy) is 2. The molecule has 0 bridgehead atoms. The third-order valence-electron chi connectivity index (χ3n) is 8.03. The molecule has 6 aromatic rings. The summed E-state index contributed by atoms with van der Waals surface area (Å²) in [5, 5.41) is 8.60. The van der Waals surface area contributed by atoms with Gasteiger partial charge in [0, 0.05) is 38.2 Å². The zero-order chi connectivity index (χ0) is 37.2. The maximum atomic E-state index is 13.9. The van der Waals surface area contributed by atoms with Crippen LogP contribution in [0.15, 0.2) is 144 Å². The summed E-state index contributed by atoms with van der Waals surface area (Å²) in [5.41, 5.74) is 4.03. The lowest BCUT2D eigenvalue weighted by atomic mass is 10.1. The van der Waals surface area contributed by atoms with Crippen molar-refractivity contribution in [3.05, 3.63) is 161 Å². The monoisotopic (exact) mass is 740 g/mol. The molecule has 1 unspecified atom stereocenters. The number of nitrogens with zero attached hydrogens (tertiary/aromatic N) is 1. The Morgan fingerprint density at radius 2 is 1.47 bits per heavy atom. The lowest BCUT2D eigenvalue weighted by Crippen LogP contribution is -2.30. The smallest absolute Gasteiger partial charge is 0.272 e. The van der Waals surface area contributed by atoms with E-state index in [0.29, 0.717) is 33.4 Å². The van der Waals surface area contributed by atoms with Crippen molar-refractivity contribution in [3.8, 4) is 22.8 Å². The van der Waals surface area contributed by atoms with Gasteiger partial charge in [0.05, 0.1) is 19.9 Å². The largest absolute Gasteiger partial charge is 0.497 e. The van der Waals surface area contributed by atoms with Crippen LogP contribution in [0.4, 0.5) is 10.8 Å². The van der Waals surface area contributed by atoms with Gasteiger partial charge in [0.15, 0.2) is 5.13 Å². The van der Waals surface area contributed by atoms with Crippen molar-refractivity contribution >= 4 is 57.7 Å². The highest BCUT2D eigenvalue weighted by Crippen LogP contribution is 2.38. The SMILES string of the molecule is COc1ccc(/C=C(/NC(=O)c2ccccc2)C(=O)Nc2cccc(SC(C(=O)Nc3nc(-c4ccccc4)c(C)s3)c3ccccc3)c2)c(OC)c1. The number of aryl methyl sites for hydroxylation is 1. The van der Waals surface area contributed by atoms with Gasteiger partial charge < -0.3 is 25.4 Å². The first kappa shape index (κ1) is 36.6. The highest BCUT2D eigenvalue weighted by atomic mass is 32.2. The average molecular weight is 741 g/mol. The number of thioether (sulfide) groups is 1. The topological polar surface area (TPSA) is 119 Å². The molecule has 0 saturated carbocycles. The summed E-state index contributed by atoms with van der Waals surface area (Å²) >= 11 is 2.77. The molecule has 1 atom stereocenters. The highest BCUT2D eigenvalue weighted by molar-refractivity contribution is 8.00. The van der Waals surface area contributed by atoms with Crippen molar-refractivity contribution in [3.63, 3.8) is 0 Å². The fourth-order valence-corrected chi connectivity index (χ4v) is 7.32. The van der Waals surface area contributed by atoms with E-state index < -0.39 is 17.1 Å². The molecule has 0 aliphatic heterocycles. The van der Waals surface area contributed by atoms with Crippen LogP contribution in [0, 0.1) is 6.92 Å². The van der Waals surface area contributed by atoms with Crippen LogP contribution in [0.2, 0.25) is 0 Å². The molecule has 3 N–H and O–H groups in total. The summed E-state index contributed by atoms with van der Waals surface area (Å²) < 4.78 is 10.9. The summed E-state index contributed by atoms with van der Waals surface area (Å²) in [5.74, 6) is -0.205. The number of benzene rings is 5. The van der Waals surface area contributed by atoms with Gasteiger partial charge in [-0.15, -0.1) is 23.1 Å². The van der Waals surface area contributed by atoms with E-state index in [-0.39, 0.29) is 11.6 Å². The molecular weight excluding hydrogens is 705 g/mol. The van der Waals surface area contributed by atoms with Gasteiger partial charge in [0.25, 0.3) is 11.8 Å². The van der Waals surface area contributed by atoms with E-state index in [0.717, 1.165) is 26.6 Å². The standard InChI is InChI=1S/C42H36N4O5S2/c1-27-37(28-14-7-4-8-15-28)45-42(52-27)46-41(49)38(29-16-9-5-10-17-29)53-34-21-13-20-32(25-34)43-40(48)35(44-39(47)30-18-11-6-12-19-30)24-31-22-23-33(50-2)26-36(31)51-3/h4-26,38H,1-3H3,(H,43,48)(H,44,47)(H,45,46,49)/b35-24+. The van der Waals surface area contributed by atoms with Crippen molar-refractivity contribution in [2.24, 2.45) is 0 Å². The van der Waals surface area contributed by atoms with Crippen LogP contribution in [0.3, 0.4) is 0 Å². The Morgan fingerprint density at radius 3 is 2.17 bits per heavy atom. The molecule has 0 radical (unpaired) electrons. The second-order valence-corrected chi connectivity index (χ2v) is 14.0. The Hall–Kier alpha value is -6.17. The molecule has 3 amide bonds. The lowest BCUT2D eigenvalue weighted by Gasteiger charge is -2.17. The first-order chi connectivity index (χ1) is 25.8. The van der Waals surface area contributed by atoms with Crippen molar-refractivity contribution in [2.75, 3.05) is 24.9 Å². The summed E-state index contributed by atoms with van der Waals surface area (Å²) in [4.78, 5) is 47.5. The molecule has 0 saturated heterocycles. The van der Waals surface area contributed by atoms with E-state index in [1.54, 1.807) is 79.9 Å². The fourth-order valence-electron chi connectivity index (χ4n) is 5.40. The van der Waals surface area contributed by atoms with Crippen LogP contribution >= 0.6 is 23.1 Å². The van der Waals surface area contributed by atoms with E-state index >= 15 is 0 Å². The van der Waals surface area contributed by atoms with Crippen LogP contribution in [-0.4, -0.2) is 36.9 Å². The number of thiazole rings is 1. The molecule has 53 heavy (non-hydrogen) atoms. The Labute approximate surface area is 316 Å². The lowest BCUT2D eigenvalue weighted by molar-refractivity contribution is -0.116. The number of aromatic nitrogens is 1. The molecule has 0 aliphatic carbocycles. The van der Waals surface area contributed by atoms with Gasteiger partial charge in [-0.3, -0.25) is 14.4 Å². The fraction of sp³-hybridized carbons (Fsp3) is 0.0952. The molecule has 9 nitrogen and oxygen atoms in total. The third-order valence-corrected chi connectivity index (χ3v) is 10.2. The second-order valence-electron chi connectivity index (χ2n) is 11.7. The van der Waals surface area contributed by atoms with Crippen molar-refractivity contribution in [1.82, 2.24) is 10.3 Å². The quantitative estimate of drug-likeness (QED) is 0.0799. The Balaban J connectivity index is 1.24. The number of hydrogen-bond donors (Lipinski definition) is 3. The minimum atomic E-state index is -0.630. The van der Waals surface area contributed by atoms with E-state index in [1.807, 2.05) is 73.7 Å². The molecular formula is C42H36N4O5S2. The number of carbonyl (C=O) groups is 3. The number of anilines is 2. The first-order valence-electron chi connectivity index (χ1n) is 16.6. The van der Waals surface area contributed by atoms with Crippen molar-refractivity contribution in [2.45, 2.75) is 17.1 Å². The molecule has 266 valence electrons. The second kappa shape index (κ2) is 17.4. The summed E-state index contributed by atoms with van der Waals surface area (Å²) in [6.07, 6.45) is 1.55. The molecule has 1 aromatic heterocycles. The van der Waals surface area contributed by atoms with Gasteiger partial charge in [-0.2, -0.15) is 0 Å². The average Bonchev–Trinajstić information content (AvgIpc) is 3.56. The van der Waals surface area contributed by atoms with Crippen LogP contribution in [0.25, 0.3) is 17.3 Å². The summed E-state index contributed by atoms with van der Waals surface area (Å²) in [7, 11) is 3.06. The van der Waals surface area contributed by atoms with Crippen molar-refractivity contribution in [1.29, 1.82) is 0 Å². The number of nitrogens with one attached hydrogen (secondary N) is 3. The van der Waals surface area contributed by atoms with Crippen LogP contribution in [0.5, 0.6) is 11.5 Å². The molecule has 0 spiro atoms. The van der Waals surface area contributed by atoms with E-state index in [9.17, 15) is 14.4 Å². The predicted octanol–water partition coefficient (Wildman–Crippen LogP) is 9.02. The normalized spacial score (nSPS) is 11.6. The minimum absolute atomic E-state index is 0.00414. The van der Waals surface area contributed by atoms with Crippen LogP contribution < -0.4 is 25.4 Å². The molecule has 6 rings (SSSR count). The third kappa shape index (κ3) is 9.39. The van der Waals surface area contributed by atoms with E-state index in [1.165, 1.54) is 30.2 Å². The Morgan fingerprint density at radius 1 is 0.774 bits per heavy atom. The van der Waals surface area contributed by atoms with E-state index in [2.05, 4.69) is 16.0 Å². The maximum absolute atomic E-state index is 13.9. The van der Waals surface area contributed by atoms with Gasteiger partial charge in [0.2, 0.25) is 5.91 Å². The molecule has 0 aliphatic rings. The minimum Gasteiger partial charge on any atom is -0.497 e. The number of methoxy groups -OCH3 is 2. The number of carbonyl (C=O) groups excluding carboxylic acids is 3. The van der Waals surface area contributed by atoms with Crippen molar-refractivity contribution < 1.29 is 23.9 Å². The Kier molecular flexibility index (Phi) is 12.0. The Bertz CT molecular complexity index is 2240.